The quantitative estimate of drug-likeness (QED) is 0.401. The van der Waals surface area contributed by atoms with Gasteiger partial charge in [-0.05, 0) is 30.3 Å². The fourth-order valence-corrected chi connectivity index (χ4v) is 4.59. The molecule has 0 N–H and O–H groups in total. The number of alkyl halides is 3. The third-order valence-electron chi connectivity index (χ3n) is 2.62. The van der Waals surface area contributed by atoms with Gasteiger partial charge in [-0.2, -0.15) is 0 Å². The number of hydrogen-bond donors (Lipinski definition) is 0. The molecular weight excluding hydrogens is 362 g/mol. The van der Waals surface area contributed by atoms with Crippen LogP contribution in [0.15, 0.2) is 56.0 Å². The van der Waals surface area contributed by atoms with E-state index >= 15 is 0 Å². The second-order valence-electron chi connectivity index (χ2n) is 3.95. The molecule has 0 aromatic heterocycles. The van der Waals surface area contributed by atoms with E-state index in [4.69, 9.17) is 46.4 Å². The molecule has 0 atom stereocenters. The van der Waals surface area contributed by atoms with Crippen molar-refractivity contribution in [2.24, 2.45) is 0 Å². The molecule has 1 heterocycles. The van der Waals surface area contributed by atoms with E-state index in [0.717, 1.165) is 19.7 Å². The SMILES string of the molecule is Clc1ccc2c(c1)Sc1ccc(C(Cl)(Cl)Cl)cc1S2. The molecule has 98 valence electrons. The van der Waals surface area contributed by atoms with Gasteiger partial charge in [0.2, 0.25) is 3.79 Å². The zero-order chi connectivity index (χ0) is 13.6. The first kappa shape index (κ1) is 14.2. The highest BCUT2D eigenvalue weighted by molar-refractivity contribution is 8.05. The average molecular weight is 368 g/mol. The number of rotatable bonds is 0. The van der Waals surface area contributed by atoms with Crippen molar-refractivity contribution in [2.45, 2.75) is 23.4 Å². The minimum Gasteiger partial charge on any atom is -0.0877 e. The van der Waals surface area contributed by atoms with Gasteiger partial charge in [-0.15, -0.1) is 0 Å². The Labute approximate surface area is 139 Å². The summed E-state index contributed by atoms with van der Waals surface area (Å²) in [5, 5.41) is 0.744. The number of halogens is 4. The molecule has 0 nitrogen and oxygen atoms in total. The van der Waals surface area contributed by atoms with Gasteiger partial charge in [0.1, 0.15) is 0 Å². The lowest BCUT2D eigenvalue weighted by molar-refractivity contribution is 1.11. The van der Waals surface area contributed by atoms with Crippen molar-refractivity contribution in [1.82, 2.24) is 0 Å². The highest BCUT2D eigenvalue weighted by atomic mass is 35.6. The van der Waals surface area contributed by atoms with Gasteiger partial charge in [0.25, 0.3) is 0 Å². The fourth-order valence-electron chi connectivity index (χ4n) is 1.73. The monoisotopic (exact) mass is 366 g/mol. The summed E-state index contributed by atoms with van der Waals surface area (Å²) in [7, 11) is 0. The molecule has 0 saturated carbocycles. The lowest BCUT2D eigenvalue weighted by Crippen LogP contribution is -2.01. The van der Waals surface area contributed by atoms with Gasteiger partial charge in [0, 0.05) is 30.2 Å². The minimum absolute atomic E-state index is 0.682. The van der Waals surface area contributed by atoms with E-state index in [-0.39, 0.29) is 0 Å². The van der Waals surface area contributed by atoms with Gasteiger partial charge in [-0.1, -0.05) is 76.0 Å². The van der Waals surface area contributed by atoms with E-state index < -0.39 is 3.79 Å². The molecule has 0 unspecified atom stereocenters. The van der Waals surface area contributed by atoms with E-state index in [0.29, 0.717) is 5.56 Å². The van der Waals surface area contributed by atoms with Crippen LogP contribution < -0.4 is 0 Å². The van der Waals surface area contributed by atoms with Crippen LogP contribution in [0.4, 0.5) is 0 Å². The average Bonchev–Trinajstić information content (AvgIpc) is 2.34. The lowest BCUT2D eigenvalue weighted by atomic mass is 10.2. The Morgan fingerprint density at radius 2 is 1.32 bits per heavy atom. The smallest absolute Gasteiger partial charge is 0.0877 e. The first-order chi connectivity index (χ1) is 8.93. The van der Waals surface area contributed by atoms with Crippen molar-refractivity contribution in [3.05, 3.63) is 47.0 Å². The van der Waals surface area contributed by atoms with Gasteiger partial charge in [0.05, 0.1) is 0 Å². The molecule has 0 bridgehead atoms. The molecule has 3 rings (SSSR count). The van der Waals surface area contributed by atoms with E-state index in [9.17, 15) is 0 Å². The normalized spacial score (nSPS) is 13.9. The Morgan fingerprint density at radius 3 is 1.95 bits per heavy atom. The van der Waals surface area contributed by atoms with Crippen molar-refractivity contribution in [1.29, 1.82) is 0 Å². The van der Waals surface area contributed by atoms with E-state index in [2.05, 4.69) is 0 Å². The molecule has 0 spiro atoms. The Morgan fingerprint density at radius 1 is 0.737 bits per heavy atom. The molecule has 6 heteroatoms. The van der Waals surface area contributed by atoms with Crippen LogP contribution in [0.3, 0.4) is 0 Å². The maximum atomic E-state index is 6.01. The van der Waals surface area contributed by atoms with Crippen molar-refractivity contribution in [3.8, 4) is 0 Å². The maximum Gasteiger partial charge on any atom is 0.216 e. The van der Waals surface area contributed by atoms with Crippen LogP contribution in [0.25, 0.3) is 0 Å². The van der Waals surface area contributed by atoms with Crippen molar-refractivity contribution >= 4 is 69.9 Å². The molecule has 0 fully saturated rings. The fraction of sp³-hybridized carbons (Fsp3) is 0.0769. The van der Waals surface area contributed by atoms with Crippen molar-refractivity contribution in [2.75, 3.05) is 0 Å². The Balaban J connectivity index is 2.03. The molecule has 0 aliphatic carbocycles. The predicted octanol–water partition coefficient (Wildman–Crippen LogP) is 6.78. The third kappa shape index (κ3) is 2.99. The Kier molecular flexibility index (Phi) is 3.94. The van der Waals surface area contributed by atoms with E-state index in [1.807, 2.05) is 36.4 Å². The number of hydrogen-bond acceptors (Lipinski definition) is 2. The standard InChI is InChI=1S/C13H6Cl4S2/c14-8-2-4-10-12(6-8)19-9-3-1-7(13(15,16)17)5-11(9)18-10/h1-6H. The summed E-state index contributed by atoms with van der Waals surface area (Å²) in [6.45, 7) is 0. The summed E-state index contributed by atoms with van der Waals surface area (Å²) in [6, 6.07) is 11.6. The second kappa shape index (κ2) is 5.25. The van der Waals surface area contributed by atoms with E-state index in [1.54, 1.807) is 23.5 Å². The van der Waals surface area contributed by atoms with Crippen LogP contribution >= 0.6 is 69.9 Å². The number of benzene rings is 2. The van der Waals surface area contributed by atoms with Gasteiger partial charge < -0.3 is 0 Å². The summed E-state index contributed by atoms with van der Waals surface area (Å²) < 4.78 is -1.39. The Bertz CT molecular complexity index is 650. The Hall–Kier alpha value is 0.300. The highest BCUT2D eigenvalue weighted by Crippen LogP contribution is 2.50. The second-order valence-corrected chi connectivity index (χ2v) is 8.84. The molecule has 0 saturated heterocycles. The summed E-state index contributed by atoms with van der Waals surface area (Å²) in [6.07, 6.45) is 0. The van der Waals surface area contributed by atoms with Gasteiger partial charge in [-0.25, -0.2) is 0 Å². The molecule has 0 amide bonds. The third-order valence-corrected chi connectivity index (χ3v) is 6.03. The topological polar surface area (TPSA) is 0 Å². The van der Waals surface area contributed by atoms with E-state index in [1.165, 1.54) is 4.90 Å². The van der Waals surface area contributed by atoms with Gasteiger partial charge in [-0.3, -0.25) is 0 Å². The molecule has 2 aromatic carbocycles. The summed E-state index contributed by atoms with van der Waals surface area (Å²) in [4.78, 5) is 4.58. The summed E-state index contributed by atoms with van der Waals surface area (Å²) in [5.41, 5.74) is 0.682. The largest absolute Gasteiger partial charge is 0.216 e. The molecule has 19 heavy (non-hydrogen) atoms. The first-order valence-electron chi connectivity index (χ1n) is 5.30. The minimum atomic E-state index is -1.39. The molecule has 1 aliphatic rings. The van der Waals surface area contributed by atoms with Gasteiger partial charge in [0.15, 0.2) is 0 Å². The summed E-state index contributed by atoms with van der Waals surface area (Å²) in [5.74, 6) is 0. The molecular formula is C13H6Cl4S2. The highest BCUT2D eigenvalue weighted by Gasteiger charge is 2.25. The lowest BCUT2D eigenvalue weighted by Gasteiger charge is -2.20. The van der Waals surface area contributed by atoms with Crippen molar-refractivity contribution < 1.29 is 0 Å². The van der Waals surface area contributed by atoms with Gasteiger partial charge >= 0.3 is 0 Å². The molecule has 2 aromatic rings. The molecule has 1 aliphatic heterocycles. The predicted molar refractivity (Wildman–Crippen MR) is 85.4 cm³/mol. The van der Waals surface area contributed by atoms with Crippen LogP contribution in [-0.2, 0) is 3.79 Å². The zero-order valence-corrected chi connectivity index (χ0v) is 13.9. The van der Waals surface area contributed by atoms with Crippen LogP contribution in [-0.4, -0.2) is 0 Å². The van der Waals surface area contributed by atoms with Crippen LogP contribution in [0, 0.1) is 0 Å². The zero-order valence-electron chi connectivity index (χ0n) is 9.29. The number of fused-ring (bicyclic) bond motifs is 2. The van der Waals surface area contributed by atoms with Crippen molar-refractivity contribution in [3.63, 3.8) is 0 Å². The first-order valence-corrected chi connectivity index (χ1v) is 8.44. The molecule has 0 radical (unpaired) electrons. The van der Waals surface area contributed by atoms with Crippen LogP contribution in [0.1, 0.15) is 5.56 Å². The maximum absolute atomic E-state index is 6.01. The van der Waals surface area contributed by atoms with Crippen LogP contribution in [0.5, 0.6) is 0 Å². The summed E-state index contributed by atoms with van der Waals surface area (Å²) >= 11 is 27.1. The van der Waals surface area contributed by atoms with Crippen LogP contribution in [0.2, 0.25) is 5.02 Å².